The van der Waals surface area contributed by atoms with Crippen LogP contribution in [0.2, 0.25) is 0 Å². The van der Waals surface area contributed by atoms with Crippen molar-refractivity contribution in [3.05, 3.63) is 46.9 Å². The van der Waals surface area contributed by atoms with Crippen LogP contribution in [0.25, 0.3) is 28.4 Å². The van der Waals surface area contributed by atoms with Crippen molar-refractivity contribution in [1.29, 1.82) is 0 Å². The highest BCUT2D eigenvalue weighted by atomic mass is 16.3. The Morgan fingerprint density at radius 1 is 1.22 bits per heavy atom. The van der Waals surface area contributed by atoms with E-state index in [1.807, 2.05) is 6.92 Å². The molecule has 9 heteroatoms. The molecule has 0 amide bonds. The molecule has 0 bridgehead atoms. The number of benzene rings is 1. The van der Waals surface area contributed by atoms with E-state index >= 15 is 0 Å². The number of H-pyrrole nitrogens is 2. The van der Waals surface area contributed by atoms with Gasteiger partial charge in [-0.3, -0.25) is 0 Å². The highest BCUT2D eigenvalue weighted by Gasteiger charge is 2.18. The van der Waals surface area contributed by atoms with E-state index in [1.54, 1.807) is 12.1 Å². The van der Waals surface area contributed by atoms with E-state index < -0.39 is 5.69 Å². The van der Waals surface area contributed by atoms with Gasteiger partial charge in [-0.1, -0.05) is 0 Å². The minimum Gasteiger partial charge on any atom is -0.508 e. The molecule has 23 heavy (non-hydrogen) atoms. The molecule has 4 aromatic rings. The molecular weight excluding hydrogens is 298 g/mol. The lowest BCUT2D eigenvalue weighted by Crippen LogP contribution is -2.17. The maximum atomic E-state index is 12.3. The van der Waals surface area contributed by atoms with Gasteiger partial charge in [-0.05, 0) is 30.7 Å². The van der Waals surface area contributed by atoms with Crippen molar-refractivity contribution < 1.29 is 5.11 Å². The maximum absolute atomic E-state index is 12.3. The highest BCUT2D eigenvalue weighted by molar-refractivity contribution is 5.79. The molecule has 9 nitrogen and oxygen atoms in total. The molecular formula is C14H11N7O2. The van der Waals surface area contributed by atoms with Gasteiger partial charge >= 0.3 is 5.69 Å². The van der Waals surface area contributed by atoms with Crippen LogP contribution < -0.4 is 5.69 Å². The van der Waals surface area contributed by atoms with E-state index in [1.165, 1.54) is 23.3 Å². The van der Waals surface area contributed by atoms with Crippen molar-refractivity contribution in [3.8, 4) is 23.0 Å². The molecule has 1 aromatic carbocycles. The molecule has 0 aliphatic carbocycles. The van der Waals surface area contributed by atoms with Crippen LogP contribution in [0.5, 0.6) is 5.75 Å². The number of rotatable bonds is 2. The van der Waals surface area contributed by atoms with Gasteiger partial charge in [0.2, 0.25) is 0 Å². The predicted molar refractivity (Wildman–Crippen MR) is 81.3 cm³/mol. The number of phenolic OH excluding ortho intramolecular Hbond substituents is 1. The summed E-state index contributed by atoms with van der Waals surface area (Å²) in [7, 11) is 0. The second-order valence-electron chi connectivity index (χ2n) is 4.98. The van der Waals surface area contributed by atoms with Crippen LogP contribution in [0.15, 0.2) is 35.6 Å². The fourth-order valence-corrected chi connectivity index (χ4v) is 2.49. The molecule has 0 saturated heterocycles. The second-order valence-corrected chi connectivity index (χ2v) is 4.98. The molecule has 3 N–H and O–H groups in total. The third-order valence-electron chi connectivity index (χ3n) is 3.53. The monoisotopic (exact) mass is 309 g/mol. The summed E-state index contributed by atoms with van der Waals surface area (Å²) in [4.78, 5) is 27.5. The third-order valence-corrected chi connectivity index (χ3v) is 3.53. The zero-order valence-corrected chi connectivity index (χ0v) is 12.0. The van der Waals surface area contributed by atoms with Crippen molar-refractivity contribution in [2.45, 2.75) is 6.92 Å². The number of hydrogen-bond acceptors (Lipinski definition) is 6. The number of aromatic nitrogens is 7. The zero-order chi connectivity index (χ0) is 16.0. The number of phenols is 1. The molecule has 3 aromatic heterocycles. The van der Waals surface area contributed by atoms with Crippen LogP contribution in [-0.4, -0.2) is 39.8 Å². The maximum Gasteiger partial charge on any atom is 0.349 e. The first-order valence-electron chi connectivity index (χ1n) is 6.77. The smallest absolute Gasteiger partial charge is 0.349 e. The van der Waals surface area contributed by atoms with E-state index in [9.17, 15) is 9.90 Å². The number of nitrogens with one attached hydrogen (secondary N) is 2. The number of fused-ring (bicyclic) bond motifs is 1. The molecule has 3 heterocycles. The summed E-state index contributed by atoms with van der Waals surface area (Å²) in [6.07, 6.45) is 2.84. The Bertz CT molecular complexity index is 1080. The number of nitrogens with zero attached hydrogens (tertiary/aromatic N) is 5. The van der Waals surface area contributed by atoms with Crippen LogP contribution >= 0.6 is 0 Å². The molecule has 0 aliphatic heterocycles. The Morgan fingerprint density at radius 2 is 2.09 bits per heavy atom. The number of aryl methyl sites for hydroxylation is 1. The van der Waals surface area contributed by atoms with Gasteiger partial charge in [0.1, 0.15) is 12.1 Å². The van der Waals surface area contributed by atoms with Gasteiger partial charge in [0.25, 0.3) is 0 Å². The van der Waals surface area contributed by atoms with Crippen molar-refractivity contribution >= 4 is 11.2 Å². The van der Waals surface area contributed by atoms with Gasteiger partial charge in [-0.2, -0.15) is 5.10 Å². The van der Waals surface area contributed by atoms with Gasteiger partial charge < -0.3 is 10.1 Å². The minimum absolute atomic E-state index is 0.146. The molecule has 0 fully saturated rings. The first kappa shape index (κ1) is 13.2. The van der Waals surface area contributed by atoms with E-state index in [2.05, 4.69) is 30.1 Å². The summed E-state index contributed by atoms with van der Waals surface area (Å²) < 4.78 is 1.34. The molecule has 4 rings (SSSR count). The summed E-state index contributed by atoms with van der Waals surface area (Å²) in [5, 5.41) is 16.1. The fourth-order valence-electron chi connectivity index (χ4n) is 2.49. The van der Waals surface area contributed by atoms with Crippen LogP contribution in [0.1, 0.15) is 5.56 Å². The first-order valence-corrected chi connectivity index (χ1v) is 6.77. The van der Waals surface area contributed by atoms with Crippen LogP contribution in [0.4, 0.5) is 0 Å². The average Bonchev–Trinajstić information content (AvgIpc) is 3.14. The minimum atomic E-state index is -0.435. The Balaban J connectivity index is 2.03. The summed E-state index contributed by atoms with van der Waals surface area (Å²) in [6, 6.07) is 4.83. The summed E-state index contributed by atoms with van der Waals surface area (Å²) in [5.41, 5.74) is 2.03. The van der Waals surface area contributed by atoms with Gasteiger partial charge in [0.05, 0.1) is 6.33 Å². The molecule has 0 radical (unpaired) electrons. The predicted octanol–water partition coefficient (Wildman–Crippen LogP) is 0.908. The van der Waals surface area contributed by atoms with Gasteiger partial charge in [0.15, 0.2) is 22.8 Å². The van der Waals surface area contributed by atoms with Crippen molar-refractivity contribution in [3.63, 3.8) is 0 Å². The van der Waals surface area contributed by atoms with Crippen molar-refractivity contribution in [2.24, 2.45) is 0 Å². The van der Waals surface area contributed by atoms with E-state index in [0.29, 0.717) is 28.4 Å². The van der Waals surface area contributed by atoms with Crippen molar-refractivity contribution in [2.75, 3.05) is 0 Å². The largest absolute Gasteiger partial charge is 0.508 e. The number of imidazole rings is 1. The zero-order valence-electron chi connectivity index (χ0n) is 12.0. The second kappa shape index (κ2) is 4.77. The molecule has 0 aliphatic rings. The van der Waals surface area contributed by atoms with Gasteiger partial charge in [-0.15, -0.1) is 0 Å². The van der Waals surface area contributed by atoms with Crippen molar-refractivity contribution in [1.82, 2.24) is 34.7 Å². The summed E-state index contributed by atoms with van der Waals surface area (Å²) in [5.74, 6) is 0.861. The molecule has 114 valence electrons. The standard InChI is InChI=1S/C14H11N7O2/c1-7-4-8(22)2-3-9(7)12-19-20-14(23)21(12)13-10-11(16-5-15-10)17-6-18-13/h2-6,22H,1H3,(H,20,23)(H,15,16,17,18). The third kappa shape index (κ3) is 1.98. The van der Waals surface area contributed by atoms with E-state index in [4.69, 9.17) is 0 Å². The Hall–Kier alpha value is -3.49. The number of aromatic hydroxyl groups is 1. The molecule has 0 atom stereocenters. The Labute approximate surface area is 128 Å². The molecule has 0 unspecified atom stereocenters. The Morgan fingerprint density at radius 3 is 2.91 bits per heavy atom. The summed E-state index contributed by atoms with van der Waals surface area (Å²) >= 11 is 0. The van der Waals surface area contributed by atoms with Crippen LogP contribution in [-0.2, 0) is 0 Å². The lowest BCUT2D eigenvalue weighted by Gasteiger charge is -2.08. The lowest BCUT2D eigenvalue weighted by molar-refractivity contribution is 0.475. The normalized spacial score (nSPS) is 11.2. The molecule has 0 saturated carbocycles. The SMILES string of the molecule is Cc1cc(O)ccc1-c1n[nH]c(=O)n1-c1ncnc2[nH]cnc12. The van der Waals surface area contributed by atoms with Crippen LogP contribution in [0, 0.1) is 6.92 Å². The topological polar surface area (TPSA) is 125 Å². The summed E-state index contributed by atoms with van der Waals surface area (Å²) in [6.45, 7) is 1.82. The first-order chi connectivity index (χ1) is 11.1. The number of hydrogen-bond donors (Lipinski definition) is 3. The van der Waals surface area contributed by atoms with Gasteiger partial charge in [0, 0.05) is 5.56 Å². The fraction of sp³-hybridized carbons (Fsp3) is 0.0714. The number of aromatic amines is 2. The highest BCUT2D eigenvalue weighted by Crippen LogP contribution is 2.26. The average molecular weight is 309 g/mol. The van der Waals surface area contributed by atoms with Gasteiger partial charge in [-0.25, -0.2) is 29.4 Å². The lowest BCUT2D eigenvalue weighted by atomic mass is 10.1. The van der Waals surface area contributed by atoms with E-state index in [-0.39, 0.29) is 5.75 Å². The van der Waals surface area contributed by atoms with E-state index in [0.717, 1.165) is 5.56 Å². The quantitative estimate of drug-likeness (QED) is 0.505. The Kier molecular flexibility index (Phi) is 2.73. The molecule has 0 spiro atoms. The van der Waals surface area contributed by atoms with Crippen LogP contribution in [0.3, 0.4) is 0 Å².